The molecule has 0 fully saturated rings. The summed E-state index contributed by atoms with van der Waals surface area (Å²) in [6.07, 6.45) is 0.570. The zero-order valence-corrected chi connectivity index (χ0v) is 10.1. The molecule has 1 aromatic carbocycles. The quantitative estimate of drug-likeness (QED) is 0.664. The topological polar surface area (TPSA) is 55.4 Å². The number of nitrogens with one attached hydrogen (secondary N) is 1. The number of halogens is 1. The number of fused-ring (bicyclic) bond motifs is 1. The fraction of sp³-hybridized carbons (Fsp3) is 0.333. The minimum Gasteiger partial charge on any atom is -0.482 e. The van der Waals surface area contributed by atoms with E-state index in [1.165, 1.54) is 0 Å². The van der Waals surface area contributed by atoms with Gasteiger partial charge in [-0.25, -0.2) is 0 Å². The second-order valence-electron chi connectivity index (χ2n) is 3.79. The number of hydrogen-bond donors (Lipinski definition) is 1. The predicted octanol–water partition coefficient (Wildman–Crippen LogP) is 2.22. The molecule has 90 valence electrons. The Kier molecular flexibility index (Phi) is 3.33. The van der Waals surface area contributed by atoms with Crippen LogP contribution in [0.1, 0.15) is 23.7 Å². The van der Waals surface area contributed by atoms with Gasteiger partial charge in [0, 0.05) is 5.56 Å². The highest BCUT2D eigenvalue weighted by molar-refractivity contribution is 6.34. The Balaban J connectivity index is 2.30. The number of rotatable bonds is 3. The fourth-order valence-corrected chi connectivity index (χ4v) is 1.73. The molecule has 1 N–H and O–H groups in total. The van der Waals surface area contributed by atoms with Crippen LogP contribution in [0, 0.1) is 0 Å². The summed E-state index contributed by atoms with van der Waals surface area (Å²) in [5.74, 6) is 0.209. The predicted molar refractivity (Wildman–Crippen MR) is 64.8 cm³/mol. The van der Waals surface area contributed by atoms with Crippen molar-refractivity contribution in [2.24, 2.45) is 0 Å². The first kappa shape index (κ1) is 11.9. The van der Waals surface area contributed by atoms with Gasteiger partial charge in [0.25, 0.3) is 5.91 Å². The molecule has 4 nitrogen and oxygen atoms in total. The number of Topliss-reactive ketones (excluding diaryl/α,β-unsaturated/α-hetero) is 1. The minimum absolute atomic E-state index is 0.00733. The summed E-state index contributed by atoms with van der Waals surface area (Å²) >= 11 is 5.89. The van der Waals surface area contributed by atoms with Crippen molar-refractivity contribution < 1.29 is 14.3 Å². The summed E-state index contributed by atoms with van der Waals surface area (Å²) in [5, 5.41) is 2.12. The van der Waals surface area contributed by atoms with Gasteiger partial charge in [0.2, 0.25) is 0 Å². The van der Waals surface area contributed by atoms with Crippen molar-refractivity contribution in [3.8, 4) is 5.75 Å². The molecule has 0 saturated carbocycles. The van der Waals surface area contributed by atoms with Crippen LogP contribution >= 0.6 is 11.6 Å². The molecule has 1 aliphatic heterocycles. The Hall–Kier alpha value is -1.55. The molecule has 0 aromatic heterocycles. The maximum atomic E-state index is 11.9. The molecule has 1 aromatic rings. The lowest BCUT2D eigenvalue weighted by molar-refractivity contribution is -0.118. The molecule has 0 aliphatic carbocycles. The lowest BCUT2D eigenvalue weighted by Crippen LogP contribution is -2.25. The summed E-state index contributed by atoms with van der Waals surface area (Å²) in [7, 11) is 0. The number of amides is 1. The van der Waals surface area contributed by atoms with Crippen molar-refractivity contribution in [3.63, 3.8) is 0 Å². The third kappa shape index (κ3) is 2.42. The van der Waals surface area contributed by atoms with Crippen molar-refractivity contribution in [1.82, 2.24) is 0 Å². The van der Waals surface area contributed by atoms with E-state index in [4.69, 9.17) is 16.3 Å². The average Bonchev–Trinajstić information content (AvgIpc) is 2.36. The molecule has 1 heterocycles. The van der Waals surface area contributed by atoms with Crippen molar-refractivity contribution >= 4 is 29.0 Å². The van der Waals surface area contributed by atoms with Crippen LogP contribution in [0.5, 0.6) is 5.75 Å². The molecule has 1 amide bonds. The van der Waals surface area contributed by atoms with Gasteiger partial charge in [-0.15, -0.1) is 11.6 Å². The number of benzene rings is 1. The second kappa shape index (κ2) is 4.75. The highest BCUT2D eigenvalue weighted by atomic mass is 35.5. The van der Waals surface area contributed by atoms with Crippen LogP contribution in [0.2, 0.25) is 0 Å². The minimum atomic E-state index is -0.534. The molecular formula is C12H12ClNO3. The summed E-state index contributed by atoms with van der Waals surface area (Å²) in [4.78, 5) is 23.0. The zero-order chi connectivity index (χ0) is 12.4. The van der Waals surface area contributed by atoms with Crippen LogP contribution in [0.3, 0.4) is 0 Å². The molecule has 2 rings (SSSR count). The van der Waals surface area contributed by atoms with Crippen LogP contribution in [0.4, 0.5) is 5.69 Å². The highest BCUT2D eigenvalue weighted by Gasteiger charge is 2.20. The normalized spacial score (nSPS) is 15.5. The van der Waals surface area contributed by atoms with Gasteiger partial charge < -0.3 is 10.1 Å². The molecule has 1 atom stereocenters. The van der Waals surface area contributed by atoms with Crippen LogP contribution in [-0.2, 0) is 4.79 Å². The number of carbonyl (C=O) groups is 2. The van der Waals surface area contributed by atoms with Crippen LogP contribution in [0.15, 0.2) is 18.2 Å². The number of ether oxygens (including phenoxy) is 1. The van der Waals surface area contributed by atoms with Gasteiger partial charge in [0.1, 0.15) is 5.75 Å². The number of hydrogen-bond acceptors (Lipinski definition) is 3. The van der Waals surface area contributed by atoms with Gasteiger partial charge in [0.15, 0.2) is 12.4 Å². The highest BCUT2D eigenvalue weighted by Crippen LogP contribution is 2.29. The Morgan fingerprint density at radius 1 is 1.59 bits per heavy atom. The Labute approximate surface area is 104 Å². The van der Waals surface area contributed by atoms with Crippen molar-refractivity contribution in [2.75, 3.05) is 11.9 Å². The number of anilines is 1. The van der Waals surface area contributed by atoms with E-state index in [0.717, 1.165) is 0 Å². The standard InChI is InChI=1S/C12H12ClNO3/c1-2-8(13)12(16)7-3-4-10-9(5-7)14-11(15)6-17-10/h3-5,8H,2,6H2,1H3,(H,14,15). The van der Waals surface area contributed by atoms with E-state index >= 15 is 0 Å². The Morgan fingerprint density at radius 3 is 3.06 bits per heavy atom. The number of alkyl halides is 1. The van der Waals surface area contributed by atoms with E-state index in [9.17, 15) is 9.59 Å². The van der Waals surface area contributed by atoms with Crippen LogP contribution in [-0.4, -0.2) is 23.7 Å². The summed E-state index contributed by atoms with van der Waals surface area (Å²) in [5.41, 5.74) is 1.00. The molecule has 0 bridgehead atoms. The molecular weight excluding hydrogens is 242 g/mol. The molecule has 5 heteroatoms. The number of carbonyl (C=O) groups excluding carboxylic acids is 2. The molecule has 0 saturated heterocycles. The summed E-state index contributed by atoms with van der Waals surface area (Å²) in [6.45, 7) is 1.85. The molecule has 0 radical (unpaired) electrons. The van der Waals surface area contributed by atoms with E-state index in [0.29, 0.717) is 23.4 Å². The van der Waals surface area contributed by atoms with Crippen molar-refractivity contribution in [1.29, 1.82) is 0 Å². The zero-order valence-electron chi connectivity index (χ0n) is 9.33. The Morgan fingerprint density at radius 2 is 2.35 bits per heavy atom. The van der Waals surface area contributed by atoms with Gasteiger partial charge in [-0.2, -0.15) is 0 Å². The maximum Gasteiger partial charge on any atom is 0.262 e. The Bertz CT molecular complexity index is 473. The summed E-state index contributed by atoms with van der Waals surface area (Å²) < 4.78 is 5.20. The first-order chi connectivity index (χ1) is 8.11. The SMILES string of the molecule is CCC(Cl)C(=O)c1ccc2c(c1)NC(=O)CO2. The van der Waals surface area contributed by atoms with Crippen LogP contribution in [0.25, 0.3) is 0 Å². The van der Waals surface area contributed by atoms with E-state index in [1.54, 1.807) is 18.2 Å². The molecule has 0 spiro atoms. The molecule has 17 heavy (non-hydrogen) atoms. The van der Waals surface area contributed by atoms with Gasteiger partial charge in [-0.3, -0.25) is 9.59 Å². The monoisotopic (exact) mass is 253 g/mol. The van der Waals surface area contributed by atoms with Crippen molar-refractivity contribution in [2.45, 2.75) is 18.7 Å². The largest absolute Gasteiger partial charge is 0.482 e. The van der Waals surface area contributed by atoms with Gasteiger partial charge in [-0.1, -0.05) is 6.92 Å². The maximum absolute atomic E-state index is 11.9. The third-order valence-electron chi connectivity index (χ3n) is 2.54. The second-order valence-corrected chi connectivity index (χ2v) is 4.31. The first-order valence-electron chi connectivity index (χ1n) is 5.36. The lowest BCUT2D eigenvalue weighted by atomic mass is 10.1. The molecule has 1 unspecified atom stereocenters. The van der Waals surface area contributed by atoms with Gasteiger partial charge in [0.05, 0.1) is 11.1 Å². The first-order valence-corrected chi connectivity index (χ1v) is 5.80. The van der Waals surface area contributed by atoms with Gasteiger partial charge in [-0.05, 0) is 24.6 Å². The lowest BCUT2D eigenvalue weighted by Gasteiger charge is -2.18. The average molecular weight is 254 g/mol. The van der Waals surface area contributed by atoms with E-state index in [-0.39, 0.29) is 18.3 Å². The fourth-order valence-electron chi connectivity index (χ4n) is 1.60. The molecule has 1 aliphatic rings. The van der Waals surface area contributed by atoms with Crippen LogP contribution < -0.4 is 10.1 Å². The third-order valence-corrected chi connectivity index (χ3v) is 3.05. The van der Waals surface area contributed by atoms with Crippen molar-refractivity contribution in [3.05, 3.63) is 23.8 Å². The smallest absolute Gasteiger partial charge is 0.262 e. The summed E-state index contributed by atoms with van der Waals surface area (Å²) in [6, 6.07) is 4.92. The van der Waals surface area contributed by atoms with Gasteiger partial charge >= 0.3 is 0 Å². The number of ketones is 1. The van der Waals surface area contributed by atoms with E-state index in [2.05, 4.69) is 5.32 Å². The van der Waals surface area contributed by atoms with E-state index < -0.39 is 5.38 Å². The van der Waals surface area contributed by atoms with E-state index in [1.807, 2.05) is 6.92 Å².